The lowest BCUT2D eigenvalue weighted by atomic mass is 10.1. The Kier molecular flexibility index (Phi) is 5.52. The van der Waals surface area contributed by atoms with Gasteiger partial charge in [0.2, 0.25) is 0 Å². The highest BCUT2D eigenvalue weighted by atomic mass is 32.2. The molecule has 0 saturated carbocycles. The van der Waals surface area contributed by atoms with E-state index in [4.69, 9.17) is 9.47 Å². The van der Waals surface area contributed by atoms with Gasteiger partial charge in [0.25, 0.3) is 0 Å². The van der Waals surface area contributed by atoms with E-state index < -0.39 is 0 Å². The lowest BCUT2D eigenvalue weighted by Crippen LogP contribution is -2.19. The fraction of sp³-hybridized carbons (Fsp3) is 0.400. The number of nitrogens with zero attached hydrogens (tertiary/aromatic N) is 2. The maximum Gasteiger partial charge on any atom is 0.167 e. The highest BCUT2D eigenvalue weighted by molar-refractivity contribution is 7.99. The predicted octanol–water partition coefficient (Wildman–Crippen LogP) is 2.49. The van der Waals surface area contributed by atoms with Crippen LogP contribution in [0, 0.1) is 0 Å². The van der Waals surface area contributed by atoms with Gasteiger partial charge >= 0.3 is 0 Å². The van der Waals surface area contributed by atoms with Crippen molar-refractivity contribution in [2.75, 3.05) is 27.0 Å². The molecule has 2 rings (SSSR count). The minimum atomic E-state index is 0.150. The Labute approximate surface area is 129 Å². The number of thioether (sulfide) groups is 1. The molecule has 1 aromatic heterocycles. The second-order valence-corrected chi connectivity index (χ2v) is 5.57. The van der Waals surface area contributed by atoms with Gasteiger partial charge in [0, 0.05) is 36.8 Å². The summed E-state index contributed by atoms with van der Waals surface area (Å²) in [6.07, 6.45) is 3.76. The fourth-order valence-electron chi connectivity index (χ4n) is 2.09. The van der Waals surface area contributed by atoms with E-state index in [0.717, 1.165) is 28.0 Å². The standard InChI is InChI=1S/C15H21N3O2S/c1-16-13(10-21-15-17-7-8-18(15)2)12-9-11(19-3)5-6-14(12)20-4/h5-9,13,16H,10H2,1-4H3. The highest BCUT2D eigenvalue weighted by Crippen LogP contribution is 2.32. The Bertz CT molecular complexity index is 586. The summed E-state index contributed by atoms with van der Waals surface area (Å²) < 4.78 is 12.8. The Balaban J connectivity index is 2.18. The summed E-state index contributed by atoms with van der Waals surface area (Å²) in [5.74, 6) is 2.54. The summed E-state index contributed by atoms with van der Waals surface area (Å²) in [7, 11) is 7.30. The zero-order valence-corrected chi connectivity index (χ0v) is 13.6. The van der Waals surface area contributed by atoms with Gasteiger partial charge in [0.15, 0.2) is 5.16 Å². The number of nitrogens with one attached hydrogen (secondary N) is 1. The van der Waals surface area contributed by atoms with Crippen LogP contribution in [-0.4, -0.2) is 36.6 Å². The molecule has 1 atom stereocenters. The first kappa shape index (κ1) is 15.7. The molecule has 21 heavy (non-hydrogen) atoms. The van der Waals surface area contributed by atoms with E-state index in [1.54, 1.807) is 26.0 Å². The largest absolute Gasteiger partial charge is 0.497 e. The van der Waals surface area contributed by atoms with Gasteiger partial charge in [-0.3, -0.25) is 0 Å². The van der Waals surface area contributed by atoms with Crippen LogP contribution >= 0.6 is 11.8 Å². The fourth-order valence-corrected chi connectivity index (χ4v) is 3.15. The van der Waals surface area contributed by atoms with Crippen LogP contribution in [0.15, 0.2) is 35.7 Å². The predicted molar refractivity (Wildman–Crippen MR) is 85.3 cm³/mol. The lowest BCUT2D eigenvalue weighted by Gasteiger charge is -2.19. The zero-order chi connectivity index (χ0) is 15.2. The minimum absolute atomic E-state index is 0.150. The van der Waals surface area contributed by atoms with Crippen molar-refractivity contribution in [1.82, 2.24) is 14.9 Å². The number of rotatable bonds is 7. The SMILES string of the molecule is CNC(CSc1nccn1C)c1cc(OC)ccc1OC. The number of hydrogen-bond donors (Lipinski definition) is 1. The normalized spacial score (nSPS) is 12.2. The third-order valence-electron chi connectivity index (χ3n) is 3.32. The lowest BCUT2D eigenvalue weighted by molar-refractivity contribution is 0.394. The average molecular weight is 307 g/mol. The van der Waals surface area contributed by atoms with Crippen LogP contribution in [0.4, 0.5) is 0 Å². The molecule has 2 aromatic rings. The van der Waals surface area contributed by atoms with E-state index in [1.807, 2.05) is 49.3 Å². The molecule has 1 heterocycles. The molecular weight excluding hydrogens is 286 g/mol. The third kappa shape index (κ3) is 3.71. The van der Waals surface area contributed by atoms with E-state index in [0.29, 0.717) is 0 Å². The second-order valence-electron chi connectivity index (χ2n) is 4.58. The van der Waals surface area contributed by atoms with E-state index in [1.165, 1.54) is 0 Å². The van der Waals surface area contributed by atoms with Crippen molar-refractivity contribution in [2.24, 2.45) is 7.05 Å². The number of imidazole rings is 1. The van der Waals surface area contributed by atoms with Crippen molar-refractivity contribution in [1.29, 1.82) is 0 Å². The van der Waals surface area contributed by atoms with Gasteiger partial charge in [0.05, 0.1) is 14.2 Å². The van der Waals surface area contributed by atoms with Crippen molar-refractivity contribution in [3.05, 3.63) is 36.2 Å². The van der Waals surface area contributed by atoms with E-state index in [-0.39, 0.29) is 6.04 Å². The molecule has 0 amide bonds. The van der Waals surface area contributed by atoms with Gasteiger partial charge in [-0.2, -0.15) is 0 Å². The smallest absolute Gasteiger partial charge is 0.167 e. The molecule has 0 radical (unpaired) electrons. The van der Waals surface area contributed by atoms with E-state index >= 15 is 0 Å². The number of ether oxygens (including phenoxy) is 2. The average Bonchev–Trinajstić information content (AvgIpc) is 2.93. The Morgan fingerprint density at radius 3 is 2.71 bits per heavy atom. The molecule has 1 aromatic carbocycles. The molecule has 0 spiro atoms. The van der Waals surface area contributed by atoms with Crippen LogP contribution < -0.4 is 14.8 Å². The van der Waals surface area contributed by atoms with E-state index in [9.17, 15) is 0 Å². The molecule has 0 aliphatic heterocycles. The van der Waals surface area contributed by atoms with Crippen LogP contribution in [0.5, 0.6) is 11.5 Å². The summed E-state index contributed by atoms with van der Waals surface area (Å²) in [5, 5.41) is 4.33. The first-order valence-corrected chi connectivity index (χ1v) is 7.67. The number of methoxy groups -OCH3 is 2. The molecule has 1 unspecified atom stereocenters. The Morgan fingerprint density at radius 2 is 2.14 bits per heavy atom. The summed E-state index contributed by atoms with van der Waals surface area (Å²) in [6, 6.07) is 6.00. The second kappa shape index (κ2) is 7.38. The molecule has 6 heteroatoms. The van der Waals surface area contributed by atoms with Gasteiger partial charge in [0.1, 0.15) is 11.5 Å². The highest BCUT2D eigenvalue weighted by Gasteiger charge is 2.17. The molecule has 0 bridgehead atoms. The Hall–Kier alpha value is -1.66. The topological polar surface area (TPSA) is 48.3 Å². The van der Waals surface area contributed by atoms with Gasteiger partial charge in [-0.1, -0.05) is 11.8 Å². The summed E-state index contributed by atoms with van der Waals surface area (Å²) in [4.78, 5) is 4.33. The quantitative estimate of drug-likeness (QED) is 0.796. The molecule has 114 valence electrons. The molecular formula is C15H21N3O2S. The molecule has 0 saturated heterocycles. The van der Waals surface area contributed by atoms with Gasteiger partial charge in [-0.15, -0.1) is 0 Å². The van der Waals surface area contributed by atoms with Crippen molar-refractivity contribution in [3.63, 3.8) is 0 Å². The van der Waals surface area contributed by atoms with Gasteiger partial charge < -0.3 is 19.4 Å². The third-order valence-corrected chi connectivity index (χ3v) is 4.47. The molecule has 0 aliphatic carbocycles. The number of hydrogen-bond acceptors (Lipinski definition) is 5. The van der Waals surface area contributed by atoms with Crippen LogP contribution in [-0.2, 0) is 7.05 Å². The van der Waals surface area contributed by atoms with Gasteiger partial charge in [-0.25, -0.2) is 4.98 Å². The first-order valence-electron chi connectivity index (χ1n) is 6.69. The van der Waals surface area contributed by atoms with Crippen LogP contribution in [0.3, 0.4) is 0 Å². The first-order chi connectivity index (χ1) is 10.2. The zero-order valence-electron chi connectivity index (χ0n) is 12.8. The number of benzene rings is 1. The number of aromatic nitrogens is 2. The van der Waals surface area contributed by atoms with Crippen molar-refractivity contribution in [2.45, 2.75) is 11.2 Å². The van der Waals surface area contributed by atoms with E-state index in [2.05, 4.69) is 10.3 Å². The molecule has 0 fully saturated rings. The van der Waals surface area contributed by atoms with Crippen LogP contribution in [0.2, 0.25) is 0 Å². The Morgan fingerprint density at radius 1 is 1.33 bits per heavy atom. The molecule has 5 nitrogen and oxygen atoms in total. The molecule has 0 aliphatic rings. The number of aryl methyl sites for hydroxylation is 1. The summed E-state index contributed by atoms with van der Waals surface area (Å²) in [5.41, 5.74) is 1.08. The minimum Gasteiger partial charge on any atom is -0.497 e. The summed E-state index contributed by atoms with van der Waals surface area (Å²) in [6.45, 7) is 0. The van der Waals surface area contributed by atoms with Crippen molar-refractivity contribution in [3.8, 4) is 11.5 Å². The maximum atomic E-state index is 5.46. The van der Waals surface area contributed by atoms with Gasteiger partial charge in [-0.05, 0) is 25.2 Å². The molecule has 1 N–H and O–H groups in total. The van der Waals surface area contributed by atoms with Crippen LogP contribution in [0.25, 0.3) is 0 Å². The summed E-state index contributed by atoms with van der Waals surface area (Å²) >= 11 is 1.71. The monoisotopic (exact) mass is 307 g/mol. The maximum absolute atomic E-state index is 5.46. The van der Waals surface area contributed by atoms with Crippen molar-refractivity contribution < 1.29 is 9.47 Å². The van der Waals surface area contributed by atoms with Crippen molar-refractivity contribution >= 4 is 11.8 Å². The van der Waals surface area contributed by atoms with Crippen LogP contribution in [0.1, 0.15) is 11.6 Å².